The van der Waals surface area contributed by atoms with E-state index in [1.807, 2.05) is 45.0 Å². The summed E-state index contributed by atoms with van der Waals surface area (Å²) in [5.41, 5.74) is 1.95. The molecule has 1 aliphatic heterocycles. The highest BCUT2D eigenvalue weighted by atomic mass is 35.5. The average molecular weight is 415 g/mol. The summed E-state index contributed by atoms with van der Waals surface area (Å²) >= 11 is 5.89. The minimum Gasteiger partial charge on any atom is -0.444 e. The van der Waals surface area contributed by atoms with Crippen LogP contribution in [0.2, 0.25) is 5.02 Å². The molecule has 1 saturated heterocycles. The van der Waals surface area contributed by atoms with Crippen molar-refractivity contribution in [2.75, 3.05) is 26.2 Å². The van der Waals surface area contributed by atoms with Gasteiger partial charge >= 0.3 is 6.09 Å². The Labute approximate surface area is 177 Å². The molecule has 0 aliphatic carbocycles. The largest absolute Gasteiger partial charge is 0.444 e. The van der Waals surface area contributed by atoms with Gasteiger partial charge in [0.25, 0.3) is 0 Å². The highest BCUT2D eigenvalue weighted by Gasteiger charge is 2.25. The Hall–Kier alpha value is -2.37. The molecule has 5 nitrogen and oxygen atoms in total. The molecule has 0 bridgehead atoms. The third kappa shape index (κ3) is 6.05. The molecule has 1 fully saturated rings. The van der Waals surface area contributed by atoms with Crippen molar-refractivity contribution >= 4 is 23.5 Å². The molecule has 2 aromatic rings. The first-order valence-electron chi connectivity index (χ1n) is 9.81. The van der Waals surface area contributed by atoms with E-state index in [4.69, 9.17) is 16.3 Å². The third-order valence-electron chi connectivity index (χ3n) is 4.75. The molecule has 1 amide bonds. The number of piperazine rings is 1. The maximum Gasteiger partial charge on any atom is 0.410 e. The number of amides is 1. The van der Waals surface area contributed by atoms with Crippen LogP contribution in [0.25, 0.3) is 0 Å². The molecule has 0 spiro atoms. The fourth-order valence-electron chi connectivity index (χ4n) is 3.20. The molecule has 6 heteroatoms. The predicted molar refractivity (Wildman–Crippen MR) is 114 cm³/mol. The number of halogens is 1. The van der Waals surface area contributed by atoms with E-state index in [-0.39, 0.29) is 11.9 Å². The Kier molecular flexibility index (Phi) is 6.60. The number of nitrogens with zero attached hydrogens (tertiary/aromatic N) is 2. The van der Waals surface area contributed by atoms with Crippen LogP contribution in [0.15, 0.2) is 48.5 Å². The zero-order valence-corrected chi connectivity index (χ0v) is 17.9. The molecule has 3 rings (SSSR count). The van der Waals surface area contributed by atoms with Gasteiger partial charge in [0.1, 0.15) is 5.60 Å². The molecule has 1 heterocycles. The predicted octanol–water partition coefficient (Wildman–Crippen LogP) is 4.62. The van der Waals surface area contributed by atoms with E-state index in [0.29, 0.717) is 29.2 Å². The normalized spacial score (nSPS) is 15.2. The number of hydrogen-bond donors (Lipinski definition) is 0. The van der Waals surface area contributed by atoms with Crippen molar-refractivity contribution in [2.24, 2.45) is 0 Å². The molecular formula is C23H27ClN2O3. The Balaban J connectivity index is 1.52. The summed E-state index contributed by atoms with van der Waals surface area (Å²) in [5, 5.41) is 0.615. The summed E-state index contributed by atoms with van der Waals surface area (Å²) in [6, 6.07) is 14.6. The van der Waals surface area contributed by atoms with Gasteiger partial charge in [-0.25, -0.2) is 4.79 Å². The van der Waals surface area contributed by atoms with Crippen LogP contribution in [-0.4, -0.2) is 53.5 Å². The van der Waals surface area contributed by atoms with Crippen molar-refractivity contribution < 1.29 is 14.3 Å². The maximum atomic E-state index is 12.6. The minimum absolute atomic E-state index is 0.0146. The molecule has 154 valence electrons. The average Bonchev–Trinajstić information content (AvgIpc) is 2.68. The second kappa shape index (κ2) is 8.97. The molecular weight excluding hydrogens is 388 g/mol. The van der Waals surface area contributed by atoms with Gasteiger partial charge in [-0.2, -0.15) is 0 Å². The van der Waals surface area contributed by atoms with Crippen molar-refractivity contribution in [3.63, 3.8) is 0 Å². The van der Waals surface area contributed by atoms with Crippen LogP contribution in [0.1, 0.15) is 42.3 Å². The van der Waals surface area contributed by atoms with Crippen molar-refractivity contribution in [3.05, 3.63) is 70.2 Å². The third-order valence-corrected chi connectivity index (χ3v) is 5.00. The first-order chi connectivity index (χ1) is 13.7. The van der Waals surface area contributed by atoms with Crippen molar-refractivity contribution in [1.82, 2.24) is 9.80 Å². The Morgan fingerprint density at radius 1 is 0.897 bits per heavy atom. The summed E-state index contributed by atoms with van der Waals surface area (Å²) in [4.78, 5) is 28.8. The van der Waals surface area contributed by atoms with Gasteiger partial charge in [-0.3, -0.25) is 9.69 Å². The van der Waals surface area contributed by atoms with Crippen LogP contribution in [0.4, 0.5) is 4.79 Å². The molecule has 29 heavy (non-hydrogen) atoms. The number of carbonyl (C=O) groups excluding carboxylic acids is 2. The van der Waals surface area contributed by atoms with Crippen molar-refractivity contribution in [1.29, 1.82) is 0 Å². The smallest absolute Gasteiger partial charge is 0.410 e. The van der Waals surface area contributed by atoms with Gasteiger partial charge in [-0.15, -0.1) is 0 Å². The summed E-state index contributed by atoms with van der Waals surface area (Å²) in [7, 11) is 0. The Bertz CT molecular complexity index is 849. The van der Waals surface area contributed by atoms with Gasteiger partial charge in [0, 0.05) is 48.9 Å². The standard InChI is InChI=1S/C23H27ClN2O3/c1-23(2,3)29-22(28)26-14-12-25(13-15-26)16-17-4-6-18(7-5-17)21(27)19-8-10-20(24)11-9-19/h4-11H,12-16H2,1-3H3. The lowest BCUT2D eigenvalue weighted by molar-refractivity contribution is 0.0139. The number of ether oxygens (including phenoxy) is 1. The summed E-state index contributed by atoms with van der Waals surface area (Å²) in [6.07, 6.45) is -0.248. The Morgan fingerprint density at radius 3 is 1.93 bits per heavy atom. The molecule has 0 radical (unpaired) electrons. The van der Waals surface area contributed by atoms with E-state index < -0.39 is 5.60 Å². The number of ketones is 1. The molecule has 0 atom stereocenters. The second-order valence-corrected chi connectivity index (χ2v) is 8.71. The van der Waals surface area contributed by atoms with Crippen molar-refractivity contribution in [3.8, 4) is 0 Å². The molecule has 0 saturated carbocycles. The number of benzene rings is 2. The fraction of sp³-hybridized carbons (Fsp3) is 0.391. The quantitative estimate of drug-likeness (QED) is 0.685. The number of hydrogen-bond acceptors (Lipinski definition) is 4. The molecule has 1 aliphatic rings. The lowest BCUT2D eigenvalue weighted by Gasteiger charge is -2.35. The molecule has 0 aromatic heterocycles. The molecule has 0 unspecified atom stereocenters. The number of carbonyl (C=O) groups is 2. The van der Waals surface area contributed by atoms with Gasteiger partial charge in [-0.1, -0.05) is 35.9 Å². The van der Waals surface area contributed by atoms with E-state index in [0.717, 1.165) is 25.2 Å². The first kappa shape index (κ1) is 21.3. The van der Waals surface area contributed by atoms with Gasteiger partial charge in [-0.05, 0) is 50.6 Å². The fourth-order valence-corrected chi connectivity index (χ4v) is 3.33. The lowest BCUT2D eigenvalue weighted by atomic mass is 10.0. The highest BCUT2D eigenvalue weighted by molar-refractivity contribution is 6.30. The van der Waals surface area contributed by atoms with Crippen LogP contribution < -0.4 is 0 Å². The van der Waals surface area contributed by atoms with Crippen LogP contribution >= 0.6 is 11.6 Å². The van der Waals surface area contributed by atoms with Gasteiger partial charge in [0.2, 0.25) is 0 Å². The second-order valence-electron chi connectivity index (χ2n) is 8.28. The van der Waals surface area contributed by atoms with Crippen molar-refractivity contribution in [2.45, 2.75) is 32.9 Å². The van der Waals surface area contributed by atoms with Gasteiger partial charge < -0.3 is 9.64 Å². The summed E-state index contributed by atoms with van der Waals surface area (Å²) in [6.45, 7) is 9.32. The van der Waals surface area contributed by atoms with Crippen LogP contribution in [0.5, 0.6) is 0 Å². The Morgan fingerprint density at radius 2 is 1.41 bits per heavy atom. The zero-order chi connectivity index (χ0) is 21.0. The van der Waals surface area contributed by atoms with Gasteiger partial charge in [0.15, 0.2) is 5.78 Å². The minimum atomic E-state index is -0.473. The first-order valence-corrected chi connectivity index (χ1v) is 10.2. The van der Waals surface area contributed by atoms with E-state index in [9.17, 15) is 9.59 Å². The molecule has 0 N–H and O–H groups in total. The maximum absolute atomic E-state index is 12.6. The number of rotatable bonds is 4. The topological polar surface area (TPSA) is 49.9 Å². The van der Waals surface area contributed by atoms with Crippen LogP contribution in [0, 0.1) is 0 Å². The SMILES string of the molecule is CC(C)(C)OC(=O)N1CCN(Cc2ccc(C(=O)c3ccc(Cl)cc3)cc2)CC1. The van der Waals surface area contributed by atoms with Crippen LogP contribution in [-0.2, 0) is 11.3 Å². The van der Waals surface area contributed by atoms with Gasteiger partial charge in [0.05, 0.1) is 0 Å². The summed E-state index contributed by atoms with van der Waals surface area (Å²) < 4.78 is 5.44. The van der Waals surface area contributed by atoms with E-state index in [1.54, 1.807) is 29.2 Å². The molecule has 2 aromatic carbocycles. The zero-order valence-electron chi connectivity index (χ0n) is 17.2. The van der Waals surface area contributed by atoms with Crippen LogP contribution in [0.3, 0.4) is 0 Å². The lowest BCUT2D eigenvalue weighted by Crippen LogP contribution is -2.49. The van der Waals surface area contributed by atoms with E-state index in [1.165, 1.54) is 0 Å². The highest BCUT2D eigenvalue weighted by Crippen LogP contribution is 2.17. The summed E-state index contributed by atoms with van der Waals surface area (Å²) in [5.74, 6) is -0.0146. The monoisotopic (exact) mass is 414 g/mol. The van der Waals surface area contributed by atoms with E-state index in [2.05, 4.69) is 4.90 Å². The van der Waals surface area contributed by atoms with E-state index >= 15 is 0 Å².